The molecule has 0 unspecified atom stereocenters. The highest BCUT2D eigenvalue weighted by Gasteiger charge is 2.33. The van der Waals surface area contributed by atoms with Crippen LogP contribution < -0.4 is 5.73 Å². The van der Waals surface area contributed by atoms with Crippen molar-refractivity contribution >= 4 is 0 Å². The van der Waals surface area contributed by atoms with Crippen LogP contribution in [0.2, 0.25) is 0 Å². The fourth-order valence-electron chi connectivity index (χ4n) is 3.22. The van der Waals surface area contributed by atoms with Crippen molar-refractivity contribution in [2.75, 3.05) is 19.6 Å². The molecule has 0 heterocycles. The summed E-state index contributed by atoms with van der Waals surface area (Å²) >= 11 is 0. The molecule has 0 saturated heterocycles. The first-order valence-electron chi connectivity index (χ1n) is 8.09. The Bertz CT molecular complexity index is 182. The highest BCUT2D eigenvalue weighted by molar-refractivity contribution is 4.91. The van der Waals surface area contributed by atoms with Gasteiger partial charge in [-0.1, -0.05) is 60.3 Å². The predicted octanol–water partition coefficient (Wildman–Crippen LogP) is 4.04. The Morgan fingerprint density at radius 2 is 1.44 bits per heavy atom. The Balaban J connectivity index is 4.88. The van der Waals surface area contributed by atoms with Crippen molar-refractivity contribution in [1.29, 1.82) is 0 Å². The summed E-state index contributed by atoms with van der Waals surface area (Å²) in [6.07, 6.45) is 7.52. The summed E-state index contributed by atoms with van der Waals surface area (Å²) in [6.45, 7) is 14.6. The van der Waals surface area contributed by atoms with Crippen molar-refractivity contribution in [3.63, 3.8) is 0 Å². The number of rotatable bonds is 11. The van der Waals surface area contributed by atoms with Crippen molar-refractivity contribution in [3.8, 4) is 0 Å². The molecule has 0 radical (unpaired) electrons. The smallest absolute Gasteiger partial charge is 0.0331 e. The maximum absolute atomic E-state index is 6.17. The molecule has 0 amide bonds. The molecule has 0 aromatic heterocycles. The third-order valence-electron chi connectivity index (χ3n) is 4.50. The molecule has 2 heteroatoms. The van der Waals surface area contributed by atoms with Gasteiger partial charge in [0.05, 0.1) is 0 Å². The van der Waals surface area contributed by atoms with Gasteiger partial charge in [-0.15, -0.1) is 0 Å². The number of likely N-dealkylation sites (N-methyl/N-ethyl adjacent to an activating group) is 1. The molecule has 110 valence electrons. The molecule has 0 aromatic rings. The summed E-state index contributed by atoms with van der Waals surface area (Å²) < 4.78 is 0. The lowest BCUT2D eigenvalue weighted by Crippen LogP contribution is -2.55. The standard InChI is InChI=1S/C16H36N2/c1-6-11-16(14-17,12-7-2)18(10-5)13-15(8-3)9-4/h15H,6-14,17H2,1-5H3. The van der Waals surface area contributed by atoms with Crippen LogP contribution in [0.1, 0.15) is 73.1 Å². The van der Waals surface area contributed by atoms with Gasteiger partial charge in [0.1, 0.15) is 0 Å². The lowest BCUT2D eigenvalue weighted by Gasteiger charge is -2.44. The van der Waals surface area contributed by atoms with Crippen LogP contribution in [0.25, 0.3) is 0 Å². The molecule has 2 N–H and O–H groups in total. The molecular formula is C16H36N2. The Kier molecular flexibility index (Phi) is 9.76. The minimum Gasteiger partial charge on any atom is -0.329 e. The molecule has 0 aliphatic rings. The SMILES string of the molecule is CCCC(CN)(CCC)N(CC)CC(CC)CC. The van der Waals surface area contributed by atoms with Crippen molar-refractivity contribution in [3.05, 3.63) is 0 Å². The maximum atomic E-state index is 6.17. The average molecular weight is 256 g/mol. The first-order chi connectivity index (χ1) is 8.63. The number of nitrogens with zero attached hydrogens (tertiary/aromatic N) is 1. The van der Waals surface area contributed by atoms with E-state index in [0.29, 0.717) is 0 Å². The predicted molar refractivity (Wildman–Crippen MR) is 82.9 cm³/mol. The van der Waals surface area contributed by atoms with Crippen molar-refractivity contribution in [2.24, 2.45) is 11.7 Å². The summed E-state index contributed by atoms with van der Waals surface area (Å²) in [5, 5.41) is 0. The van der Waals surface area contributed by atoms with E-state index in [0.717, 1.165) is 19.0 Å². The van der Waals surface area contributed by atoms with Gasteiger partial charge in [-0.25, -0.2) is 0 Å². The summed E-state index contributed by atoms with van der Waals surface area (Å²) in [7, 11) is 0. The fourth-order valence-corrected chi connectivity index (χ4v) is 3.22. The van der Waals surface area contributed by atoms with Crippen molar-refractivity contribution in [2.45, 2.75) is 78.7 Å². The first-order valence-corrected chi connectivity index (χ1v) is 8.09. The van der Waals surface area contributed by atoms with Crippen molar-refractivity contribution in [1.82, 2.24) is 4.90 Å². The molecule has 0 fully saturated rings. The van der Waals surface area contributed by atoms with E-state index in [9.17, 15) is 0 Å². The normalized spacial score (nSPS) is 12.7. The summed E-state index contributed by atoms with van der Waals surface area (Å²) in [6, 6.07) is 0. The van der Waals surface area contributed by atoms with Crippen LogP contribution in [-0.4, -0.2) is 30.1 Å². The Labute approximate surface area is 115 Å². The fraction of sp³-hybridized carbons (Fsp3) is 1.00. The third kappa shape index (κ3) is 4.89. The monoisotopic (exact) mass is 256 g/mol. The topological polar surface area (TPSA) is 29.3 Å². The molecule has 0 aromatic carbocycles. The molecule has 0 aliphatic carbocycles. The molecular weight excluding hydrogens is 220 g/mol. The molecule has 0 rings (SSSR count). The third-order valence-corrected chi connectivity index (χ3v) is 4.50. The van der Waals surface area contributed by atoms with E-state index in [1.54, 1.807) is 0 Å². The second-order valence-electron chi connectivity index (χ2n) is 5.65. The molecule has 0 spiro atoms. The molecule has 0 aliphatic heterocycles. The zero-order valence-electron chi connectivity index (χ0n) is 13.5. The van der Waals surface area contributed by atoms with Gasteiger partial charge in [-0.05, 0) is 25.3 Å². The minimum atomic E-state index is 0.251. The lowest BCUT2D eigenvalue weighted by atomic mass is 9.85. The Morgan fingerprint density at radius 1 is 0.944 bits per heavy atom. The zero-order chi connectivity index (χ0) is 14.0. The van der Waals surface area contributed by atoms with Gasteiger partial charge in [0, 0.05) is 18.6 Å². The van der Waals surface area contributed by atoms with Crippen LogP contribution in [0.4, 0.5) is 0 Å². The molecule has 2 nitrogen and oxygen atoms in total. The lowest BCUT2D eigenvalue weighted by molar-refractivity contribution is 0.0616. The second-order valence-corrected chi connectivity index (χ2v) is 5.65. The van der Waals surface area contributed by atoms with Crippen LogP contribution in [0.3, 0.4) is 0 Å². The molecule has 0 saturated carbocycles. The van der Waals surface area contributed by atoms with Gasteiger partial charge in [-0.3, -0.25) is 4.90 Å². The van der Waals surface area contributed by atoms with Gasteiger partial charge >= 0.3 is 0 Å². The van der Waals surface area contributed by atoms with Crippen LogP contribution in [0.15, 0.2) is 0 Å². The summed E-state index contributed by atoms with van der Waals surface area (Å²) in [5.74, 6) is 0.824. The van der Waals surface area contributed by atoms with Crippen LogP contribution in [0, 0.1) is 5.92 Å². The highest BCUT2D eigenvalue weighted by atomic mass is 15.2. The molecule has 18 heavy (non-hydrogen) atoms. The van der Waals surface area contributed by atoms with Gasteiger partial charge in [0.15, 0.2) is 0 Å². The van der Waals surface area contributed by atoms with E-state index in [1.807, 2.05) is 0 Å². The maximum Gasteiger partial charge on any atom is 0.0331 e. The van der Waals surface area contributed by atoms with Gasteiger partial charge in [-0.2, -0.15) is 0 Å². The van der Waals surface area contributed by atoms with Gasteiger partial charge < -0.3 is 5.73 Å². The number of nitrogens with two attached hydrogens (primary N) is 1. The van der Waals surface area contributed by atoms with Crippen LogP contribution >= 0.6 is 0 Å². The first kappa shape index (κ1) is 17.9. The van der Waals surface area contributed by atoms with E-state index >= 15 is 0 Å². The van der Waals surface area contributed by atoms with Crippen molar-refractivity contribution < 1.29 is 0 Å². The highest BCUT2D eigenvalue weighted by Crippen LogP contribution is 2.28. The van der Waals surface area contributed by atoms with Gasteiger partial charge in [0.25, 0.3) is 0 Å². The van der Waals surface area contributed by atoms with Crippen LogP contribution in [-0.2, 0) is 0 Å². The van der Waals surface area contributed by atoms with Crippen LogP contribution in [0.5, 0.6) is 0 Å². The summed E-state index contributed by atoms with van der Waals surface area (Å²) in [5.41, 5.74) is 6.42. The van der Waals surface area contributed by atoms with E-state index in [2.05, 4.69) is 39.5 Å². The van der Waals surface area contributed by atoms with E-state index in [4.69, 9.17) is 5.73 Å². The molecule has 0 atom stereocenters. The zero-order valence-corrected chi connectivity index (χ0v) is 13.5. The Morgan fingerprint density at radius 3 is 1.72 bits per heavy atom. The summed E-state index contributed by atoms with van der Waals surface area (Å²) in [4.78, 5) is 2.68. The second kappa shape index (κ2) is 9.80. The van der Waals surface area contributed by atoms with Gasteiger partial charge in [0.2, 0.25) is 0 Å². The van der Waals surface area contributed by atoms with E-state index < -0.39 is 0 Å². The van der Waals surface area contributed by atoms with E-state index in [1.165, 1.54) is 45.1 Å². The Hall–Kier alpha value is -0.0800. The minimum absolute atomic E-state index is 0.251. The average Bonchev–Trinajstić information content (AvgIpc) is 2.40. The molecule has 0 bridgehead atoms. The largest absolute Gasteiger partial charge is 0.329 e. The number of hydrogen-bond donors (Lipinski definition) is 1. The quantitative estimate of drug-likeness (QED) is 0.604. The number of hydrogen-bond acceptors (Lipinski definition) is 2. The van der Waals surface area contributed by atoms with E-state index in [-0.39, 0.29) is 5.54 Å².